The zero-order valence-electron chi connectivity index (χ0n) is 54.6. The Morgan fingerprint density at radius 3 is 1.81 bits per heavy atom. The van der Waals surface area contributed by atoms with E-state index in [1.54, 1.807) is 111 Å². The first kappa shape index (κ1) is 76.2. The van der Waals surface area contributed by atoms with Gasteiger partial charge in [-0.2, -0.15) is 0 Å². The van der Waals surface area contributed by atoms with Crippen LogP contribution in [0.4, 0.5) is 5.69 Å². The molecule has 13 rings (SSSR count). The van der Waals surface area contributed by atoms with Crippen molar-refractivity contribution in [1.82, 2.24) is 10.0 Å². The Kier molecular flexibility index (Phi) is 24.7. The summed E-state index contributed by atoms with van der Waals surface area (Å²) < 4.78 is 58.4. The summed E-state index contributed by atoms with van der Waals surface area (Å²) in [5.41, 5.74) is 10.9. The summed E-state index contributed by atoms with van der Waals surface area (Å²) in [6.45, 7) is 8.13. The lowest BCUT2D eigenvalue weighted by Gasteiger charge is -2.27. The molecule has 0 radical (unpaired) electrons. The van der Waals surface area contributed by atoms with Gasteiger partial charge in [-0.3, -0.25) is 9.52 Å². The third-order valence-electron chi connectivity index (χ3n) is 15.8. The molecule has 3 atom stereocenters. The van der Waals surface area contributed by atoms with E-state index in [4.69, 9.17) is 51.7 Å². The largest absolute Gasteiger partial charge is 0.508 e. The van der Waals surface area contributed by atoms with Gasteiger partial charge >= 0.3 is 41.8 Å². The third kappa shape index (κ3) is 19.1. The average Bonchev–Trinajstić information content (AvgIpc) is 1.56. The number of anilines is 1. The number of benzene rings is 7. The highest BCUT2D eigenvalue weighted by Crippen LogP contribution is 2.58. The molecular formula is C74H66ClN3O21S3. The van der Waals surface area contributed by atoms with E-state index in [9.17, 15) is 60.3 Å². The highest BCUT2D eigenvalue weighted by Gasteiger charge is 2.41. The standard InChI is InChI=1S/C18H16O2S.C14H14ClNO4.C12H11NO3.C11H10O4S.C10H8O4.C9H7NO4S/c1-12-8-9-16-14(10-12)15(11-17(19)20)18(2,21-16)13-6-4-3-5-7-13;1-2-20-14(19)12-5-8(6-13(17)18)10-4-3-9(15)7-11(10)16-12;1-7-10(6-11(14)15)8-4-2-3-5-9(8)12(16)13-7;12-11(13)7-8-5-6-16(14,15)10-4-2-1-3-9(8)10;11-7-1-2-8-6(3-10(12)13)5-14-9(8)4-7;11-9(12)5-7-6-3-1-2-4-8(6)15(13,14)10-7/h3-11H,1-2H3,(H,19,20);3-4,6-7,12,16H,2,5H2,1H3,(H,17,18);2-7H,1H3,(H,13,16)(H,14,15);1-4,7H,5-6H2,(H,12,13);1-4,11H,5H2,(H,12,13);1-5,10H,(H,11,12)/b15-11-;8-6+;10-6+;8-7+;6-3+;7-5-/t;;7-;;;/m..1.../s1. The van der Waals surface area contributed by atoms with Crippen LogP contribution >= 0.6 is 23.4 Å². The van der Waals surface area contributed by atoms with Gasteiger partial charge < -0.3 is 55.9 Å². The Hall–Kier alpha value is -11.5. The lowest BCUT2D eigenvalue weighted by atomic mass is 9.87. The molecule has 0 saturated carbocycles. The number of carbonyl (C=O) groups is 8. The molecule has 7 aromatic rings. The van der Waals surface area contributed by atoms with E-state index >= 15 is 0 Å². The van der Waals surface area contributed by atoms with Crippen molar-refractivity contribution < 1.29 is 100 Å². The number of carboxylic acids is 6. The van der Waals surface area contributed by atoms with Gasteiger partial charge in [-0.05, 0) is 127 Å². The number of sulfone groups is 1. The Morgan fingerprint density at radius 2 is 1.18 bits per heavy atom. The average molecular weight is 1460 g/mol. The molecule has 0 fully saturated rings. The van der Waals surface area contributed by atoms with Gasteiger partial charge in [0.25, 0.3) is 15.9 Å². The van der Waals surface area contributed by atoms with E-state index in [1.807, 2.05) is 25.1 Å². The highest BCUT2D eigenvalue weighted by molar-refractivity contribution is 8.01. The summed E-state index contributed by atoms with van der Waals surface area (Å²) in [5, 5.41) is 68.2. The Bertz CT molecular complexity index is 4950. The molecule has 0 saturated heterocycles. The number of aromatic hydroxyl groups is 1. The van der Waals surface area contributed by atoms with Crippen LogP contribution in [0.2, 0.25) is 5.02 Å². The molecule has 6 heterocycles. The number of aliphatic carboxylic acids is 6. The number of aryl methyl sites for hydroxylation is 1. The number of esters is 1. The van der Waals surface area contributed by atoms with Gasteiger partial charge in [0.05, 0.1) is 38.6 Å². The van der Waals surface area contributed by atoms with E-state index in [0.29, 0.717) is 61.0 Å². The number of hydrogen-bond donors (Lipinski definition) is 10. The first-order chi connectivity index (χ1) is 48.3. The lowest BCUT2D eigenvalue weighted by molar-refractivity contribution is -0.144. The minimum absolute atomic E-state index is 0.0247. The van der Waals surface area contributed by atoms with Gasteiger partial charge in [0, 0.05) is 92.4 Å². The number of carbonyl (C=O) groups excluding carboxylic acids is 2. The summed E-state index contributed by atoms with van der Waals surface area (Å²) in [6.07, 6.45) is 7.15. The number of amides is 1. The number of carboxylic acid groups (broad SMARTS) is 6. The molecule has 0 aliphatic carbocycles. The smallest absolute Gasteiger partial charge is 0.330 e. The van der Waals surface area contributed by atoms with Crippen molar-refractivity contribution in [3.63, 3.8) is 0 Å². The number of phenolic OH excluding ortho intramolecular Hbond substituents is 1. The SMILES string of the molecule is CCOC(=O)C1C/C(=C\C(=O)O)c2ccc(Cl)cc2N1.C[C@H]1NC(=O)c2ccccc2/C1=C/C(=O)O.Cc1ccc2c(c1)/C(=C/C(=O)O)C(C)(c1ccccc1)S2.O=C(O)/C=C1\CCS(=O)(=O)c2ccccc21.O=C(O)/C=C1\COc2cc(O)ccc21.O=C(O)/C=C1\NS(=O)(=O)c2ccccc21. The number of nitrogens with one attached hydrogen (secondary N) is 3. The fourth-order valence-corrected chi connectivity index (χ4v) is 15.8. The van der Waals surface area contributed by atoms with E-state index in [-0.39, 0.29) is 69.7 Å². The fraction of sp³-hybridized carbons (Fsp3) is 0.162. The van der Waals surface area contributed by atoms with Crippen molar-refractivity contribution in [2.24, 2.45) is 0 Å². The minimum atomic E-state index is -3.58. The Balaban J connectivity index is 0.000000156. The number of allylic oxidation sites excluding steroid dienone is 1. The van der Waals surface area contributed by atoms with Crippen LogP contribution in [-0.2, 0) is 62.9 Å². The maximum atomic E-state index is 11.8. The van der Waals surface area contributed by atoms with Crippen LogP contribution in [0, 0.1) is 6.92 Å². The highest BCUT2D eigenvalue weighted by atomic mass is 35.5. The van der Waals surface area contributed by atoms with Crippen LogP contribution in [-0.4, -0.2) is 131 Å². The normalized spacial score (nSPS) is 20.0. The quantitative estimate of drug-likeness (QED) is 0.0474. The van der Waals surface area contributed by atoms with E-state index in [1.165, 1.54) is 30.3 Å². The zero-order chi connectivity index (χ0) is 74.4. The monoisotopic (exact) mass is 1460 g/mol. The predicted octanol–water partition coefficient (Wildman–Crippen LogP) is 11.3. The van der Waals surface area contributed by atoms with Gasteiger partial charge in [0.1, 0.15) is 24.1 Å². The van der Waals surface area contributed by atoms with Crippen molar-refractivity contribution in [1.29, 1.82) is 0 Å². The first-order valence-corrected chi connectivity index (χ1v) is 35.2. The Morgan fingerprint density at radius 1 is 0.608 bits per heavy atom. The van der Waals surface area contributed by atoms with Crippen LogP contribution in [0.1, 0.15) is 88.5 Å². The Labute approximate surface area is 594 Å². The molecule has 528 valence electrons. The van der Waals surface area contributed by atoms with Crippen molar-refractivity contribution in [3.8, 4) is 11.5 Å². The summed E-state index contributed by atoms with van der Waals surface area (Å²) in [4.78, 5) is 89.4. The topological polar surface area (TPSA) is 401 Å². The van der Waals surface area contributed by atoms with Crippen LogP contribution in [0.3, 0.4) is 0 Å². The predicted molar refractivity (Wildman–Crippen MR) is 381 cm³/mol. The van der Waals surface area contributed by atoms with Crippen molar-refractivity contribution in [2.75, 3.05) is 24.3 Å². The molecule has 102 heavy (non-hydrogen) atoms. The number of ether oxygens (including phenoxy) is 2. The molecule has 0 aromatic heterocycles. The number of sulfonamides is 1. The van der Waals surface area contributed by atoms with Crippen LogP contribution in [0.25, 0.3) is 33.6 Å². The van der Waals surface area contributed by atoms with Gasteiger partial charge in [0.2, 0.25) is 0 Å². The maximum Gasteiger partial charge on any atom is 0.330 e. The molecule has 24 nitrogen and oxygen atoms in total. The zero-order valence-corrected chi connectivity index (χ0v) is 57.8. The molecule has 6 aliphatic heterocycles. The molecule has 10 N–H and O–H groups in total. The molecule has 0 spiro atoms. The second kappa shape index (κ2) is 33.1. The van der Waals surface area contributed by atoms with E-state index < -0.39 is 67.7 Å². The van der Waals surface area contributed by atoms with Crippen molar-refractivity contribution in [2.45, 2.75) is 72.1 Å². The van der Waals surface area contributed by atoms with Crippen molar-refractivity contribution in [3.05, 3.63) is 249 Å². The molecule has 0 bridgehead atoms. The molecule has 1 amide bonds. The molecule has 2 unspecified atom stereocenters. The molecule has 7 aromatic carbocycles. The van der Waals surface area contributed by atoms with E-state index in [2.05, 4.69) is 52.6 Å². The fourth-order valence-electron chi connectivity index (χ4n) is 11.4. The number of halogens is 1. The van der Waals surface area contributed by atoms with Crippen LogP contribution < -0.4 is 20.1 Å². The van der Waals surface area contributed by atoms with Crippen LogP contribution in [0.5, 0.6) is 11.5 Å². The van der Waals surface area contributed by atoms with Crippen LogP contribution in [0.15, 0.2) is 209 Å². The van der Waals surface area contributed by atoms with Gasteiger partial charge in [-0.15, -0.1) is 11.8 Å². The molecular weight excluding hydrogens is 1400 g/mol. The van der Waals surface area contributed by atoms with Gasteiger partial charge in [-0.1, -0.05) is 120 Å². The number of rotatable bonds is 9. The number of thioether (sulfide) groups is 1. The molecule has 6 aliphatic rings. The molecule has 28 heteroatoms. The summed E-state index contributed by atoms with van der Waals surface area (Å²) in [7, 11) is -6.83. The second-order valence-electron chi connectivity index (χ2n) is 23.0. The lowest BCUT2D eigenvalue weighted by Crippen LogP contribution is -2.38. The maximum absolute atomic E-state index is 11.8. The first-order valence-electron chi connectivity index (χ1n) is 30.8. The number of fused-ring (bicyclic) bond motifs is 6. The van der Waals surface area contributed by atoms with Gasteiger partial charge in [0.15, 0.2) is 9.84 Å². The summed E-state index contributed by atoms with van der Waals surface area (Å²) >= 11 is 7.65. The van der Waals surface area contributed by atoms with Gasteiger partial charge in [-0.25, -0.2) is 50.4 Å². The summed E-state index contributed by atoms with van der Waals surface area (Å²) in [6, 6.07) is 44.8. The van der Waals surface area contributed by atoms with Crippen molar-refractivity contribution >= 4 is 130 Å². The third-order valence-corrected chi connectivity index (χ3v) is 20.7. The number of phenols is 1. The second-order valence-corrected chi connectivity index (χ2v) is 28.6. The minimum Gasteiger partial charge on any atom is -0.508 e. The van der Waals surface area contributed by atoms with E-state index in [0.717, 1.165) is 68.7 Å². The summed E-state index contributed by atoms with van der Waals surface area (Å²) in [5.74, 6) is -6.15. The number of hydrogen-bond acceptors (Lipinski definition) is 17.